The van der Waals surface area contributed by atoms with Gasteiger partial charge in [0.15, 0.2) is 0 Å². The van der Waals surface area contributed by atoms with Gasteiger partial charge in [-0.05, 0) is 41.4 Å². The zero-order valence-electron chi connectivity index (χ0n) is 11.3. The molecule has 0 saturated carbocycles. The first kappa shape index (κ1) is 12.9. The van der Waals surface area contributed by atoms with E-state index in [0.717, 1.165) is 11.3 Å². The number of hydrogen-bond donors (Lipinski definition) is 1. The van der Waals surface area contributed by atoms with E-state index in [-0.39, 0.29) is 6.04 Å². The number of aromatic nitrogens is 2. The minimum absolute atomic E-state index is 0.228. The standard InChI is InChI=1S/C15H15N3OS/c1-10(12-7-8-20-9-12)16-14-6-4-3-5-13(14)15-18-17-11(2)19-15/h3-10,16H,1-2H3. The maximum Gasteiger partial charge on any atom is 0.249 e. The molecule has 0 radical (unpaired) electrons. The van der Waals surface area contributed by atoms with Crippen LogP contribution in [0.2, 0.25) is 0 Å². The zero-order valence-corrected chi connectivity index (χ0v) is 12.1. The summed E-state index contributed by atoms with van der Waals surface area (Å²) in [5, 5.41) is 15.7. The van der Waals surface area contributed by atoms with E-state index < -0.39 is 0 Å². The molecule has 0 aliphatic rings. The Balaban J connectivity index is 1.90. The lowest BCUT2D eigenvalue weighted by atomic mass is 10.1. The van der Waals surface area contributed by atoms with Gasteiger partial charge in [-0.3, -0.25) is 0 Å². The molecule has 1 atom stereocenters. The van der Waals surface area contributed by atoms with E-state index >= 15 is 0 Å². The highest BCUT2D eigenvalue weighted by molar-refractivity contribution is 7.07. The van der Waals surface area contributed by atoms with E-state index in [1.807, 2.05) is 24.3 Å². The van der Waals surface area contributed by atoms with Gasteiger partial charge < -0.3 is 9.73 Å². The summed E-state index contributed by atoms with van der Waals surface area (Å²) < 4.78 is 5.52. The minimum atomic E-state index is 0.228. The summed E-state index contributed by atoms with van der Waals surface area (Å²) in [6.45, 7) is 3.93. The van der Waals surface area contributed by atoms with Crippen molar-refractivity contribution in [3.63, 3.8) is 0 Å². The summed E-state index contributed by atoms with van der Waals surface area (Å²) in [7, 11) is 0. The lowest BCUT2D eigenvalue weighted by molar-refractivity contribution is 0.533. The second-order valence-electron chi connectivity index (χ2n) is 4.59. The normalized spacial score (nSPS) is 12.3. The molecule has 5 heteroatoms. The van der Waals surface area contributed by atoms with Crippen molar-refractivity contribution in [2.75, 3.05) is 5.32 Å². The summed E-state index contributed by atoms with van der Waals surface area (Å²) >= 11 is 1.70. The smallest absolute Gasteiger partial charge is 0.249 e. The molecule has 0 aliphatic carbocycles. The van der Waals surface area contributed by atoms with Crippen molar-refractivity contribution in [2.45, 2.75) is 19.9 Å². The van der Waals surface area contributed by atoms with Crippen LogP contribution in [0, 0.1) is 6.92 Å². The van der Waals surface area contributed by atoms with Gasteiger partial charge in [0, 0.05) is 18.7 Å². The van der Waals surface area contributed by atoms with Gasteiger partial charge in [0.1, 0.15) is 0 Å². The fraction of sp³-hybridized carbons (Fsp3) is 0.200. The Morgan fingerprint density at radius 1 is 1.20 bits per heavy atom. The molecule has 1 N–H and O–H groups in total. The molecule has 20 heavy (non-hydrogen) atoms. The number of hydrogen-bond acceptors (Lipinski definition) is 5. The van der Waals surface area contributed by atoms with E-state index in [0.29, 0.717) is 11.8 Å². The topological polar surface area (TPSA) is 51.0 Å². The van der Waals surface area contributed by atoms with E-state index in [9.17, 15) is 0 Å². The molecule has 1 unspecified atom stereocenters. The number of nitrogens with one attached hydrogen (secondary N) is 1. The number of benzene rings is 1. The Labute approximate surface area is 121 Å². The molecular weight excluding hydrogens is 270 g/mol. The van der Waals surface area contributed by atoms with Gasteiger partial charge in [-0.1, -0.05) is 12.1 Å². The molecular formula is C15H15N3OS. The molecule has 102 valence electrons. The van der Waals surface area contributed by atoms with Gasteiger partial charge in [-0.15, -0.1) is 10.2 Å². The van der Waals surface area contributed by atoms with Crippen LogP contribution in [0.4, 0.5) is 5.69 Å². The second kappa shape index (κ2) is 5.46. The summed E-state index contributed by atoms with van der Waals surface area (Å²) in [6, 6.07) is 10.3. The minimum Gasteiger partial charge on any atom is -0.421 e. The van der Waals surface area contributed by atoms with Crippen molar-refractivity contribution in [1.82, 2.24) is 10.2 Å². The summed E-state index contributed by atoms with van der Waals surface area (Å²) in [4.78, 5) is 0. The summed E-state index contributed by atoms with van der Waals surface area (Å²) in [5.74, 6) is 1.11. The van der Waals surface area contributed by atoms with Crippen LogP contribution in [0.5, 0.6) is 0 Å². The van der Waals surface area contributed by atoms with Gasteiger partial charge in [0.2, 0.25) is 11.8 Å². The largest absolute Gasteiger partial charge is 0.421 e. The quantitative estimate of drug-likeness (QED) is 0.777. The third-order valence-corrected chi connectivity index (χ3v) is 3.80. The van der Waals surface area contributed by atoms with Crippen molar-refractivity contribution in [1.29, 1.82) is 0 Å². The molecule has 0 saturated heterocycles. The maximum absolute atomic E-state index is 5.52. The number of nitrogens with zero attached hydrogens (tertiary/aromatic N) is 2. The van der Waals surface area contributed by atoms with Crippen LogP contribution in [0.1, 0.15) is 24.4 Å². The number of aryl methyl sites for hydroxylation is 1. The van der Waals surface area contributed by atoms with Crippen LogP contribution in [-0.4, -0.2) is 10.2 Å². The zero-order chi connectivity index (χ0) is 13.9. The lowest BCUT2D eigenvalue weighted by Crippen LogP contribution is -2.06. The third kappa shape index (κ3) is 2.58. The monoisotopic (exact) mass is 285 g/mol. The summed E-state index contributed by atoms with van der Waals surface area (Å²) in [5.41, 5.74) is 3.19. The van der Waals surface area contributed by atoms with E-state index in [4.69, 9.17) is 4.42 Å². The maximum atomic E-state index is 5.52. The second-order valence-corrected chi connectivity index (χ2v) is 5.37. The first-order chi connectivity index (χ1) is 9.74. The van der Waals surface area contributed by atoms with Gasteiger partial charge in [-0.25, -0.2) is 0 Å². The number of rotatable bonds is 4. The Hall–Kier alpha value is -2.14. The highest BCUT2D eigenvalue weighted by Crippen LogP contribution is 2.30. The predicted octanol–water partition coefficient (Wildman–Crippen LogP) is 4.28. The molecule has 2 heterocycles. The highest BCUT2D eigenvalue weighted by Gasteiger charge is 2.13. The third-order valence-electron chi connectivity index (χ3n) is 3.10. The molecule has 0 bridgehead atoms. The van der Waals surface area contributed by atoms with Crippen LogP contribution in [0.3, 0.4) is 0 Å². The van der Waals surface area contributed by atoms with Gasteiger partial charge >= 0.3 is 0 Å². The molecule has 0 aliphatic heterocycles. The van der Waals surface area contributed by atoms with Crippen molar-refractivity contribution in [2.24, 2.45) is 0 Å². The highest BCUT2D eigenvalue weighted by atomic mass is 32.1. The fourth-order valence-corrected chi connectivity index (χ4v) is 2.79. The van der Waals surface area contributed by atoms with E-state index in [1.165, 1.54) is 5.56 Å². The van der Waals surface area contributed by atoms with E-state index in [2.05, 4.69) is 39.3 Å². The average molecular weight is 285 g/mol. The SMILES string of the molecule is Cc1nnc(-c2ccccc2NC(C)c2ccsc2)o1. The van der Waals surface area contributed by atoms with Crippen molar-refractivity contribution >= 4 is 17.0 Å². The molecule has 3 rings (SSSR count). The van der Waals surface area contributed by atoms with Crippen LogP contribution in [0.25, 0.3) is 11.5 Å². The molecule has 3 aromatic rings. The van der Waals surface area contributed by atoms with Gasteiger partial charge in [0.05, 0.1) is 5.56 Å². The lowest BCUT2D eigenvalue weighted by Gasteiger charge is -2.16. The predicted molar refractivity (Wildman–Crippen MR) is 80.8 cm³/mol. The van der Waals surface area contributed by atoms with Crippen LogP contribution < -0.4 is 5.32 Å². The van der Waals surface area contributed by atoms with Crippen LogP contribution >= 0.6 is 11.3 Å². The Morgan fingerprint density at radius 3 is 2.75 bits per heavy atom. The summed E-state index contributed by atoms with van der Waals surface area (Å²) in [6.07, 6.45) is 0. The number of anilines is 1. The Kier molecular flexibility index (Phi) is 3.52. The van der Waals surface area contributed by atoms with Gasteiger partial charge in [0.25, 0.3) is 0 Å². The molecule has 0 spiro atoms. The molecule has 2 aromatic heterocycles. The Bertz CT molecular complexity index is 691. The molecule has 0 fully saturated rings. The first-order valence-corrected chi connectivity index (χ1v) is 7.36. The fourth-order valence-electron chi connectivity index (χ4n) is 2.04. The van der Waals surface area contributed by atoms with Crippen LogP contribution in [0.15, 0.2) is 45.5 Å². The average Bonchev–Trinajstić information content (AvgIpc) is 3.10. The molecule has 4 nitrogen and oxygen atoms in total. The number of thiophene rings is 1. The Morgan fingerprint density at radius 2 is 2.05 bits per heavy atom. The molecule has 0 amide bonds. The first-order valence-electron chi connectivity index (χ1n) is 6.42. The van der Waals surface area contributed by atoms with Gasteiger partial charge in [-0.2, -0.15) is 11.3 Å². The van der Waals surface area contributed by atoms with Crippen molar-refractivity contribution in [3.8, 4) is 11.5 Å². The van der Waals surface area contributed by atoms with Crippen LogP contribution in [-0.2, 0) is 0 Å². The van der Waals surface area contributed by atoms with Crippen molar-refractivity contribution < 1.29 is 4.42 Å². The van der Waals surface area contributed by atoms with Crippen molar-refractivity contribution in [3.05, 3.63) is 52.5 Å². The van der Waals surface area contributed by atoms with E-state index in [1.54, 1.807) is 18.3 Å². The molecule has 1 aromatic carbocycles. The number of para-hydroxylation sites is 1.